The van der Waals surface area contributed by atoms with Gasteiger partial charge in [-0.05, 0) is 57.5 Å². The van der Waals surface area contributed by atoms with Crippen LogP contribution in [0.4, 0.5) is 0 Å². The molecular formula is C19H23NO3S. The minimum atomic E-state index is -0.219. The summed E-state index contributed by atoms with van der Waals surface area (Å²) in [7, 11) is 0. The van der Waals surface area contributed by atoms with Gasteiger partial charge < -0.3 is 14.1 Å². The van der Waals surface area contributed by atoms with Crippen LogP contribution >= 0.6 is 11.8 Å². The van der Waals surface area contributed by atoms with Gasteiger partial charge in [0.05, 0.1) is 12.3 Å². The first-order valence-corrected chi connectivity index (χ1v) is 9.12. The second-order valence-electron chi connectivity index (χ2n) is 6.98. The number of thioether (sulfide) groups is 1. The number of hydrogen-bond donors (Lipinski definition) is 0. The van der Waals surface area contributed by atoms with Crippen molar-refractivity contribution in [3.63, 3.8) is 0 Å². The molecule has 1 amide bonds. The lowest BCUT2D eigenvalue weighted by Gasteiger charge is -2.24. The van der Waals surface area contributed by atoms with Crippen LogP contribution in [-0.2, 0) is 11.3 Å². The van der Waals surface area contributed by atoms with E-state index in [9.17, 15) is 4.79 Å². The van der Waals surface area contributed by atoms with Crippen molar-refractivity contribution in [3.8, 4) is 5.75 Å². The summed E-state index contributed by atoms with van der Waals surface area (Å²) < 4.78 is 11.5. The Kier molecular flexibility index (Phi) is 4.63. The highest BCUT2D eigenvalue weighted by molar-refractivity contribution is 8.00. The molecule has 2 heterocycles. The van der Waals surface area contributed by atoms with E-state index in [1.165, 1.54) is 0 Å². The number of benzene rings is 1. The molecule has 5 heteroatoms. The molecular weight excluding hydrogens is 322 g/mol. The maximum atomic E-state index is 12.3. The van der Waals surface area contributed by atoms with Crippen molar-refractivity contribution >= 4 is 17.7 Å². The van der Waals surface area contributed by atoms with Gasteiger partial charge in [-0.2, -0.15) is 0 Å². The molecule has 4 nitrogen and oxygen atoms in total. The van der Waals surface area contributed by atoms with Crippen LogP contribution in [0.5, 0.6) is 5.75 Å². The lowest BCUT2D eigenvalue weighted by molar-refractivity contribution is -0.128. The van der Waals surface area contributed by atoms with E-state index in [2.05, 4.69) is 0 Å². The summed E-state index contributed by atoms with van der Waals surface area (Å²) in [6, 6.07) is 11.9. The Balaban J connectivity index is 1.75. The lowest BCUT2D eigenvalue weighted by Crippen LogP contribution is -2.27. The Morgan fingerprint density at radius 3 is 2.50 bits per heavy atom. The minimum absolute atomic E-state index is 0.0200. The zero-order chi connectivity index (χ0) is 17.3. The fourth-order valence-electron chi connectivity index (χ4n) is 2.69. The van der Waals surface area contributed by atoms with Gasteiger partial charge in [-0.3, -0.25) is 4.79 Å². The standard InChI is InChI=1S/C19H23NO3S/c1-13-5-8-16(22-13)11-20-17(21)12-24-18(20)14-6-9-15(10-7-14)23-19(2,3)4/h5-10,18H,11-12H2,1-4H3. The van der Waals surface area contributed by atoms with Crippen molar-refractivity contribution in [1.29, 1.82) is 0 Å². The van der Waals surface area contributed by atoms with Gasteiger partial charge in [-0.15, -0.1) is 11.8 Å². The summed E-state index contributed by atoms with van der Waals surface area (Å²) in [5.74, 6) is 3.18. The summed E-state index contributed by atoms with van der Waals surface area (Å²) in [6.45, 7) is 8.50. The Hall–Kier alpha value is -1.88. The quantitative estimate of drug-likeness (QED) is 0.816. The molecule has 1 aliphatic rings. The van der Waals surface area contributed by atoms with E-state index in [1.807, 2.05) is 69.0 Å². The molecule has 0 N–H and O–H groups in total. The molecule has 1 saturated heterocycles. The van der Waals surface area contributed by atoms with Gasteiger partial charge in [0.1, 0.15) is 28.2 Å². The van der Waals surface area contributed by atoms with Gasteiger partial charge in [-0.25, -0.2) is 0 Å². The van der Waals surface area contributed by atoms with Crippen molar-refractivity contribution in [3.05, 3.63) is 53.5 Å². The third kappa shape index (κ3) is 3.96. The predicted octanol–water partition coefficient (Wildman–Crippen LogP) is 4.54. The number of aryl methyl sites for hydroxylation is 1. The molecule has 24 heavy (non-hydrogen) atoms. The number of nitrogens with zero attached hydrogens (tertiary/aromatic N) is 1. The van der Waals surface area contributed by atoms with Crippen LogP contribution < -0.4 is 4.74 Å². The van der Waals surface area contributed by atoms with Gasteiger partial charge in [0.2, 0.25) is 5.91 Å². The van der Waals surface area contributed by atoms with Crippen molar-refractivity contribution < 1.29 is 13.9 Å². The van der Waals surface area contributed by atoms with Crippen LogP contribution in [0.1, 0.15) is 43.2 Å². The molecule has 1 aromatic carbocycles. The van der Waals surface area contributed by atoms with E-state index in [4.69, 9.17) is 9.15 Å². The monoisotopic (exact) mass is 345 g/mol. The predicted molar refractivity (Wildman–Crippen MR) is 96.0 cm³/mol. The maximum absolute atomic E-state index is 12.3. The number of rotatable bonds is 4. The summed E-state index contributed by atoms with van der Waals surface area (Å²) in [6.07, 6.45) is 0. The van der Waals surface area contributed by atoms with E-state index >= 15 is 0 Å². The van der Waals surface area contributed by atoms with E-state index in [0.717, 1.165) is 22.8 Å². The van der Waals surface area contributed by atoms with Gasteiger partial charge >= 0.3 is 0 Å². The van der Waals surface area contributed by atoms with E-state index in [-0.39, 0.29) is 16.9 Å². The van der Waals surface area contributed by atoms with Crippen LogP contribution in [0.3, 0.4) is 0 Å². The first-order valence-electron chi connectivity index (χ1n) is 8.07. The Labute approximate surface area is 147 Å². The molecule has 0 saturated carbocycles. The number of carbonyl (C=O) groups excluding carboxylic acids is 1. The number of amides is 1. The third-order valence-corrected chi connectivity index (χ3v) is 4.94. The van der Waals surface area contributed by atoms with E-state index < -0.39 is 0 Å². The largest absolute Gasteiger partial charge is 0.488 e. The average Bonchev–Trinajstić information content (AvgIpc) is 3.06. The zero-order valence-electron chi connectivity index (χ0n) is 14.5. The Bertz CT molecular complexity index is 715. The molecule has 0 radical (unpaired) electrons. The molecule has 1 atom stereocenters. The molecule has 1 aliphatic heterocycles. The van der Waals surface area contributed by atoms with Gasteiger partial charge in [0, 0.05) is 0 Å². The highest BCUT2D eigenvalue weighted by atomic mass is 32.2. The molecule has 1 aromatic heterocycles. The topological polar surface area (TPSA) is 42.7 Å². The van der Waals surface area contributed by atoms with Crippen molar-refractivity contribution in [1.82, 2.24) is 4.90 Å². The second-order valence-corrected chi connectivity index (χ2v) is 8.05. The number of carbonyl (C=O) groups is 1. The maximum Gasteiger partial charge on any atom is 0.234 e. The van der Waals surface area contributed by atoms with Crippen LogP contribution in [0.25, 0.3) is 0 Å². The van der Waals surface area contributed by atoms with Crippen molar-refractivity contribution in [2.24, 2.45) is 0 Å². The summed E-state index contributed by atoms with van der Waals surface area (Å²) >= 11 is 1.65. The van der Waals surface area contributed by atoms with E-state index in [1.54, 1.807) is 11.8 Å². The van der Waals surface area contributed by atoms with Crippen LogP contribution in [-0.4, -0.2) is 22.2 Å². The fourth-order valence-corrected chi connectivity index (χ4v) is 3.88. The smallest absolute Gasteiger partial charge is 0.234 e. The SMILES string of the molecule is Cc1ccc(CN2C(=O)CSC2c2ccc(OC(C)(C)C)cc2)o1. The average molecular weight is 345 g/mol. The van der Waals surface area contributed by atoms with Crippen LogP contribution in [0.2, 0.25) is 0 Å². The molecule has 0 bridgehead atoms. The molecule has 128 valence electrons. The first-order chi connectivity index (χ1) is 11.3. The molecule has 0 aliphatic carbocycles. The summed E-state index contributed by atoms with van der Waals surface area (Å²) in [5, 5.41) is 0.0200. The van der Waals surface area contributed by atoms with Crippen molar-refractivity contribution in [2.75, 3.05) is 5.75 Å². The van der Waals surface area contributed by atoms with Crippen LogP contribution in [0, 0.1) is 6.92 Å². The highest BCUT2D eigenvalue weighted by Gasteiger charge is 2.33. The number of ether oxygens (including phenoxy) is 1. The van der Waals surface area contributed by atoms with Gasteiger partial charge in [-0.1, -0.05) is 12.1 Å². The van der Waals surface area contributed by atoms with E-state index in [0.29, 0.717) is 12.3 Å². The molecule has 2 aromatic rings. The van der Waals surface area contributed by atoms with Crippen molar-refractivity contribution in [2.45, 2.75) is 45.2 Å². The fraction of sp³-hybridized carbons (Fsp3) is 0.421. The number of hydrogen-bond acceptors (Lipinski definition) is 4. The Morgan fingerprint density at radius 2 is 1.92 bits per heavy atom. The third-order valence-electron chi connectivity index (χ3n) is 3.68. The summed E-state index contributed by atoms with van der Waals surface area (Å²) in [4.78, 5) is 14.1. The zero-order valence-corrected chi connectivity index (χ0v) is 15.4. The molecule has 1 fully saturated rings. The number of furan rings is 1. The highest BCUT2D eigenvalue weighted by Crippen LogP contribution is 2.40. The molecule has 1 unspecified atom stereocenters. The minimum Gasteiger partial charge on any atom is -0.488 e. The van der Waals surface area contributed by atoms with Crippen LogP contribution in [0.15, 0.2) is 40.8 Å². The lowest BCUT2D eigenvalue weighted by atomic mass is 10.1. The Morgan fingerprint density at radius 1 is 1.21 bits per heavy atom. The summed E-state index contributed by atoms with van der Waals surface area (Å²) in [5.41, 5.74) is 0.887. The second kappa shape index (κ2) is 6.55. The normalized spacial score (nSPS) is 18.2. The molecule has 0 spiro atoms. The van der Waals surface area contributed by atoms with Gasteiger partial charge in [0.15, 0.2) is 0 Å². The molecule has 3 rings (SSSR count). The first kappa shape index (κ1) is 17.0. The van der Waals surface area contributed by atoms with Gasteiger partial charge in [0.25, 0.3) is 0 Å².